The molecular weight excluding hydrogens is 333 g/mol. The van der Waals surface area contributed by atoms with Gasteiger partial charge in [-0.2, -0.15) is 13.2 Å². The molecule has 0 saturated heterocycles. The van der Waals surface area contributed by atoms with E-state index in [0.717, 1.165) is 17.9 Å². The number of para-hydroxylation sites is 1. The molecule has 1 amide bonds. The molecule has 0 atom stereocenters. The van der Waals surface area contributed by atoms with Crippen molar-refractivity contribution in [1.82, 2.24) is 5.32 Å². The van der Waals surface area contributed by atoms with Gasteiger partial charge in [0, 0.05) is 12.2 Å². The molecule has 2 N–H and O–H groups in total. The molecule has 2 aromatic carbocycles. The summed E-state index contributed by atoms with van der Waals surface area (Å²) in [6.45, 7) is 0.794. The van der Waals surface area contributed by atoms with Gasteiger partial charge >= 0.3 is 6.18 Å². The first-order chi connectivity index (χ1) is 11.9. The van der Waals surface area contributed by atoms with Crippen LogP contribution in [0.25, 0.3) is 0 Å². The van der Waals surface area contributed by atoms with Crippen molar-refractivity contribution in [2.75, 3.05) is 25.0 Å². The second-order valence-corrected chi connectivity index (χ2v) is 5.30. The van der Waals surface area contributed by atoms with Gasteiger partial charge in [0.25, 0.3) is 0 Å². The lowest BCUT2D eigenvalue weighted by molar-refractivity contribution is -0.137. The highest BCUT2D eigenvalue weighted by atomic mass is 19.4. The SMILES string of the molecule is O=C(CNc1cccc(C(F)(F)F)c1)NCCCOc1ccccc1. The van der Waals surface area contributed by atoms with Crippen molar-refractivity contribution in [1.29, 1.82) is 0 Å². The van der Waals surface area contributed by atoms with Gasteiger partial charge in [0.2, 0.25) is 5.91 Å². The topological polar surface area (TPSA) is 50.4 Å². The third kappa shape index (κ3) is 6.74. The van der Waals surface area contributed by atoms with Gasteiger partial charge in [-0.25, -0.2) is 0 Å². The fourth-order valence-electron chi connectivity index (χ4n) is 2.06. The molecule has 0 heterocycles. The van der Waals surface area contributed by atoms with Crippen LogP contribution in [0, 0.1) is 0 Å². The minimum Gasteiger partial charge on any atom is -0.494 e. The number of hydrogen-bond donors (Lipinski definition) is 2. The van der Waals surface area contributed by atoms with Gasteiger partial charge in [-0.3, -0.25) is 4.79 Å². The van der Waals surface area contributed by atoms with Gasteiger partial charge in [-0.05, 0) is 36.8 Å². The number of benzene rings is 2. The number of alkyl halides is 3. The number of carbonyl (C=O) groups excluding carboxylic acids is 1. The van der Waals surface area contributed by atoms with Crippen molar-refractivity contribution in [3.05, 3.63) is 60.2 Å². The molecule has 0 aliphatic rings. The van der Waals surface area contributed by atoms with Crippen molar-refractivity contribution in [2.24, 2.45) is 0 Å². The molecule has 0 unspecified atom stereocenters. The maximum absolute atomic E-state index is 12.6. The normalized spacial score (nSPS) is 11.0. The highest BCUT2D eigenvalue weighted by molar-refractivity contribution is 5.80. The van der Waals surface area contributed by atoms with Gasteiger partial charge in [-0.1, -0.05) is 24.3 Å². The van der Waals surface area contributed by atoms with E-state index in [1.807, 2.05) is 30.3 Å². The number of amides is 1. The molecule has 0 spiro atoms. The van der Waals surface area contributed by atoms with Crippen LogP contribution in [0.4, 0.5) is 18.9 Å². The van der Waals surface area contributed by atoms with Gasteiger partial charge in [-0.15, -0.1) is 0 Å². The van der Waals surface area contributed by atoms with Crippen LogP contribution in [0.1, 0.15) is 12.0 Å². The minimum atomic E-state index is -4.40. The first-order valence-electron chi connectivity index (χ1n) is 7.81. The van der Waals surface area contributed by atoms with Crippen LogP contribution in [0.15, 0.2) is 54.6 Å². The van der Waals surface area contributed by atoms with Crippen LogP contribution in [0.2, 0.25) is 0 Å². The monoisotopic (exact) mass is 352 g/mol. The molecule has 0 saturated carbocycles. The van der Waals surface area contributed by atoms with Crippen molar-refractivity contribution >= 4 is 11.6 Å². The average molecular weight is 352 g/mol. The lowest BCUT2D eigenvalue weighted by Crippen LogP contribution is -2.31. The molecule has 7 heteroatoms. The van der Waals surface area contributed by atoms with Crippen molar-refractivity contribution < 1.29 is 22.7 Å². The molecule has 134 valence electrons. The third-order valence-corrected chi connectivity index (χ3v) is 3.30. The molecule has 0 fully saturated rings. The van der Waals surface area contributed by atoms with Crippen LogP contribution < -0.4 is 15.4 Å². The zero-order valence-electron chi connectivity index (χ0n) is 13.5. The Kier molecular flexibility index (Phi) is 6.68. The molecule has 4 nitrogen and oxygen atoms in total. The van der Waals surface area contributed by atoms with Gasteiger partial charge < -0.3 is 15.4 Å². The summed E-state index contributed by atoms with van der Waals surface area (Å²) in [5.74, 6) is 0.470. The number of ether oxygens (including phenoxy) is 1. The molecule has 0 aliphatic carbocycles. The van der Waals surface area contributed by atoms with E-state index in [2.05, 4.69) is 10.6 Å². The Morgan fingerprint density at radius 3 is 2.52 bits per heavy atom. The van der Waals surface area contributed by atoms with Crippen molar-refractivity contribution in [2.45, 2.75) is 12.6 Å². The van der Waals surface area contributed by atoms with Gasteiger partial charge in [0.1, 0.15) is 5.75 Å². The molecular formula is C18H19F3N2O2. The van der Waals surface area contributed by atoms with E-state index in [9.17, 15) is 18.0 Å². The van der Waals surface area contributed by atoms with Crippen molar-refractivity contribution in [3.8, 4) is 5.75 Å². The molecule has 25 heavy (non-hydrogen) atoms. The molecule has 2 aromatic rings. The van der Waals surface area contributed by atoms with Crippen LogP contribution >= 0.6 is 0 Å². The molecule has 0 aromatic heterocycles. The summed E-state index contributed by atoms with van der Waals surface area (Å²) >= 11 is 0. The number of carbonyl (C=O) groups is 1. The Bertz CT molecular complexity index is 676. The second-order valence-electron chi connectivity index (χ2n) is 5.30. The van der Waals surface area contributed by atoms with Gasteiger partial charge in [0.15, 0.2) is 0 Å². The standard InChI is InChI=1S/C18H19F3N2O2/c19-18(20,21)14-6-4-7-15(12-14)23-13-17(24)22-10-5-11-25-16-8-2-1-3-9-16/h1-4,6-9,12,23H,5,10-11,13H2,(H,22,24). The summed E-state index contributed by atoms with van der Waals surface area (Å²) in [7, 11) is 0. The average Bonchev–Trinajstić information content (AvgIpc) is 2.60. The maximum atomic E-state index is 12.6. The third-order valence-electron chi connectivity index (χ3n) is 3.30. The van der Waals surface area contributed by atoms with Crippen LogP contribution in [0.3, 0.4) is 0 Å². The smallest absolute Gasteiger partial charge is 0.416 e. The molecule has 0 radical (unpaired) electrons. The lowest BCUT2D eigenvalue weighted by Gasteiger charge is -2.11. The molecule has 0 bridgehead atoms. The van der Waals surface area contributed by atoms with Gasteiger partial charge in [0.05, 0.1) is 18.7 Å². The summed E-state index contributed by atoms with van der Waals surface area (Å²) in [5, 5.41) is 5.36. The summed E-state index contributed by atoms with van der Waals surface area (Å²) in [5.41, 5.74) is -0.506. The van der Waals surface area contributed by atoms with Crippen LogP contribution in [-0.2, 0) is 11.0 Å². The predicted octanol–water partition coefficient (Wildman–Crippen LogP) is 3.70. The summed E-state index contributed by atoms with van der Waals surface area (Å²) < 4.78 is 43.3. The zero-order valence-corrected chi connectivity index (χ0v) is 13.5. The number of rotatable bonds is 8. The van der Waals surface area contributed by atoms with E-state index >= 15 is 0 Å². The van der Waals surface area contributed by atoms with E-state index < -0.39 is 11.7 Å². The second kappa shape index (κ2) is 8.96. The van der Waals surface area contributed by atoms with E-state index in [-0.39, 0.29) is 18.1 Å². The Morgan fingerprint density at radius 1 is 1.04 bits per heavy atom. The first-order valence-corrected chi connectivity index (χ1v) is 7.81. The highest BCUT2D eigenvalue weighted by Gasteiger charge is 2.30. The number of nitrogens with one attached hydrogen (secondary N) is 2. The minimum absolute atomic E-state index is 0.0964. The largest absolute Gasteiger partial charge is 0.494 e. The fourth-order valence-corrected chi connectivity index (χ4v) is 2.06. The Balaban J connectivity index is 1.64. The van der Waals surface area contributed by atoms with E-state index in [4.69, 9.17) is 4.74 Å². The fraction of sp³-hybridized carbons (Fsp3) is 0.278. The van der Waals surface area contributed by atoms with E-state index in [0.29, 0.717) is 19.6 Å². The van der Waals surface area contributed by atoms with Crippen LogP contribution in [-0.4, -0.2) is 25.6 Å². The molecule has 2 rings (SSSR count). The summed E-state index contributed by atoms with van der Waals surface area (Å²) in [6.07, 6.45) is -3.77. The Hall–Kier alpha value is -2.70. The first kappa shape index (κ1) is 18.6. The maximum Gasteiger partial charge on any atom is 0.416 e. The zero-order chi connectivity index (χ0) is 18.1. The summed E-state index contributed by atoms with van der Waals surface area (Å²) in [6, 6.07) is 14.1. The lowest BCUT2D eigenvalue weighted by atomic mass is 10.2. The Labute approximate surface area is 144 Å². The number of anilines is 1. The Morgan fingerprint density at radius 2 is 1.80 bits per heavy atom. The molecule has 0 aliphatic heterocycles. The highest BCUT2D eigenvalue weighted by Crippen LogP contribution is 2.30. The van der Waals surface area contributed by atoms with E-state index in [1.165, 1.54) is 12.1 Å². The summed E-state index contributed by atoms with van der Waals surface area (Å²) in [4.78, 5) is 11.7. The number of hydrogen-bond acceptors (Lipinski definition) is 3. The predicted molar refractivity (Wildman–Crippen MR) is 89.5 cm³/mol. The van der Waals surface area contributed by atoms with Crippen LogP contribution in [0.5, 0.6) is 5.75 Å². The quantitative estimate of drug-likeness (QED) is 0.712. The number of halogens is 3. The van der Waals surface area contributed by atoms with Crippen molar-refractivity contribution in [3.63, 3.8) is 0 Å². The van der Waals surface area contributed by atoms with E-state index in [1.54, 1.807) is 0 Å².